The number of esters is 1. The third kappa shape index (κ3) is 12.8. The van der Waals surface area contributed by atoms with Crippen molar-refractivity contribution in [3.63, 3.8) is 0 Å². The predicted molar refractivity (Wildman–Crippen MR) is 103 cm³/mol. The van der Waals surface area contributed by atoms with Crippen LogP contribution in [0.5, 0.6) is 0 Å². The van der Waals surface area contributed by atoms with Gasteiger partial charge in [-0.1, -0.05) is 103 Å². The van der Waals surface area contributed by atoms with Gasteiger partial charge in [0.05, 0.1) is 6.61 Å². The molecule has 1 aliphatic rings. The Bertz CT molecular complexity index is 282. The highest BCUT2D eigenvalue weighted by Crippen LogP contribution is 2.28. The zero-order valence-corrected chi connectivity index (χ0v) is 16.3. The predicted octanol–water partition coefficient (Wildman–Crippen LogP) is 7.20. The highest BCUT2D eigenvalue weighted by atomic mass is 16.5. The quantitative estimate of drug-likeness (QED) is 0.220. The molecule has 1 aliphatic carbocycles. The van der Waals surface area contributed by atoms with E-state index in [1.54, 1.807) is 0 Å². The number of rotatable bonds is 16. The molecule has 0 unspecified atom stereocenters. The zero-order valence-electron chi connectivity index (χ0n) is 16.3. The highest BCUT2D eigenvalue weighted by molar-refractivity contribution is 5.69. The molecule has 0 spiro atoms. The van der Waals surface area contributed by atoms with Crippen LogP contribution < -0.4 is 0 Å². The molecule has 0 aromatic heterocycles. The lowest BCUT2D eigenvalue weighted by atomic mass is 10.0. The SMILES string of the molecule is CCCCCCCCCCCCCCOC(=O)CCC1CCCC1. The van der Waals surface area contributed by atoms with E-state index in [1.165, 1.54) is 96.3 Å². The fourth-order valence-corrected chi connectivity index (χ4v) is 3.82. The number of hydrogen-bond acceptors (Lipinski definition) is 2. The van der Waals surface area contributed by atoms with E-state index in [-0.39, 0.29) is 5.97 Å². The molecule has 0 atom stereocenters. The molecule has 1 fully saturated rings. The van der Waals surface area contributed by atoms with Gasteiger partial charge in [0.2, 0.25) is 0 Å². The fraction of sp³-hybridized carbons (Fsp3) is 0.955. The van der Waals surface area contributed by atoms with E-state index in [4.69, 9.17) is 4.74 Å². The average molecular weight is 339 g/mol. The van der Waals surface area contributed by atoms with Crippen LogP contribution in [0.1, 0.15) is 122 Å². The van der Waals surface area contributed by atoms with E-state index < -0.39 is 0 Å². The van der Waals surface area contributed by atoms with Gasteiger partial charge < -0.3 is 4.74 Å². The number of unbranched alkanes of at least 4 members (excludes halogenated alkanes) is 11. The topological polar surface area (TPSA) is 26.3 Å². The normalized spacial score (nSPS) is 15.0. The Kier molecular flexibility index (Phi) is 14.3. The van der Waals surface area contributed by atoms with E-state index >= 15 is 0 Å². The molecule has 0 N–H and O–H groups in total. The summed E-state index contributed by atoms with van der Waals surface area (Å²) in [6, 6.07) is 0. The maximum Gasteiger partial charge on any atom is 0.305 e. The molecule has 142 valence electrons. The Hall–Kier alpha value is -0.530. The molecule has 1 saturated carbocycles. The minimum absolute atomic E-state index is 0.0324. The Morgan fingerprint density at radius 2 is 1.29 bits per heavy atom. The summed E-state index contributed by atoms with van der Waals surface area (Å²) in [5.41, 5.74) is 0. The zero-order chi connectivity index (χ0) is 17.3. The van der Waals surface area contributed by atoms with Crippen LogP contribution in [-0.4, -0.2) is 12.6 Å². The van der Waals surface area contributed by atoms with Crippen LogP contribution in [0.4, 0.5) is 0 Å². The molecule has 0 aromatic carbocycles. The molecular formula is C22H42O2. The van der Waals surface area contributed by atoms with Gasteiger partial charge >= 0.3 is 5.97 Å². The summed E-state index contributed by atoms with van der Waals surface area (Å²) in [4.78, 5) is 11.7. The maximum absolute atomic E-state index is 11.7. The first-order valence-electron chi connectivity index (χ1n) is 11.0. The number of hydrogen-bond donors (Lipinski definition) is 0. The summed E-state index contributed by atoms with van der Waals surface area (Å²) in [5.74, 6) is 0.828. The van der Waals surface area contributed by atoms with Crippen molar-refractivity contribution in [2.45, 2.75) is 122 Å². The summed E-state index contributed by atoms with van der Waals surface area (Å²) in [6.07, 6.45) is 23.2. The van der Waals surface area contributed by atoms with Crippen LogP contribution in [-0.2, 0) is 9.53 Å². The van der Waals surface area contributed by atoms with Gasteiger partial charge in [-0.3, -0.25) is 4.79 Å². The van der Waals surface area contributed by atoms with Gasteiger partial charge in [0.15, 0.2) is 0 Å². The van der Waals surface area contributed by atoms with E-state index in [0.717, 1.165) is 18.8 Å². The molecule has 0 radical (unpaired) electrons. The second kappa shape index (κ2) is 16.0. The Morgan fingerprint density at radius 1 is 0.792 bits per heavy atom. The lowest BCUT2D eigenvalue weighted by molar-refractivity contribution is -0.144. The minimum Gasteiger partial charge on any atom is -0.466 e. The standard InChI is InChI=1S/C22H42O2/c1-2-3-4-5-6-7-8-9-10-11-12-15-20-24-22(23)19-18-21-16-13-14-17-21/h21H,2-20H2,1H3. The van der Waals surface area contributed by atoms with E-state index in [9.17, 15) is 4.79 Å². The monoisotopic (exact) mass is 338 g/mol. The van der Waals surface area contributed by atoms with Crippen LogP contribution in [0, 0.1) is 5.92 Å². The molecule has 0 amide bonds. The van der Waals surface area contributed by atoms with E-state index in [2.05, 4.69) is 6.92 Å². The van der Waals surface area contributed by atoms with Gasteiger partial charge in [-0.05, 0) is 18.8 Å². The van der Waals surface area contributed by atoms with Crippen molar-refractivity contribution in [3.05, 3.63) is 0 Å². The molecule has 0 heterocycles. The lowest BCUT2D eigenvalue weighted by Crippen LogP contribution is -2.07. The summed E-state index contributed by atoms with van der Waals surface area (Å²) in [5, 5.41) is 0. The average Bonchev–Trinajstić information content (AvgIpc) is 3.10. The van der Waals surface area contributed by atoms with E-state index in [0.29, 0.717) is 13.0 Å². The number of ether oxygens (including phenoxy) is 1. The van der Waals surface area contributed by atoms with Crippen molar-refractivity contribution in [2.75, 3.05) is 6.61 Å². The summed E-state index contributed by atoms with van der Waals surface area (Å²) in [6.45, 7) is 2.92. The molecule has 2 heteroatoms. The van der Waals surface area contributed by atoms with Crippen LogP contribution in [0.15, 0.2) is 0 Å². The molecular weight excluding hydrogens is 296 g/mol. The summed E-state index contributed by atoms with van der Waals surface area (Å²) >= 11 is 0. The van der Waals surface area contributed by atoms with E-state index in [1.807, 2.05) is 0 Å². The first-order valence-corrected chi connectivity index (χ1v) is 11.0. The van der Waals surface area contributed by atoms with Gasteiger partial charge in [-0.25, -0.2) is 0 Å². The summed E-state index contributed by atoms with van der Waals surface area (Å²) < 4.78 is 5.35. The van der Waals surface area contributed by atoms with Crippen molar-refractivity contribution >= 4 is 5.97 Å². The largest absolute Gasteiger partial charge is 0.466 e. The van der Waals surface area contributed by atoms with Crippen molar-refractivity contribution < 1.29 is 9.53 Å². The van der Waals surface area contributed by atoms with Crippen LogP contribution in [0.3, 0.4) is 0 Å². The third-order valence-corrected chi connectivity index (χ3v) is 5.49. The molecule has 0 aliphatic heterocycles. The third-order valence-electron chi connectivity index (χ3n) is 5.49. The number of carbonyl (C=O) groups excluding carboxylic acids is 1. The van der Waals surface area contributed by atoms with Crippen molar-refractivity contribution in [1.82, 2.24) is 0 Å². The first kappa shape index (κ1) is 21.5. The molecule has 0 bridgehead atoms. The second-order valence-electron chi connectivity index (χ2n) is 7.80. The van der Waals surface area contributed by atoms with Gasteiger partial charge in [-0.15, -0.1) is 0 Å². The molecule has 0 saturated heterocycles. The maximum atomic E-state index is 11.7. The molecule has 2 nitrogen and oxygen atoms in total. The van der Waals surface area contributed by atoms with Gasteiger partial charge in [0, 0.05) is 6.42 Å². The first-order chi connectivity index (χ1) is 11.8. The highest BCUT2D eigenvalue weighted by Gasteiger charge is 2.16. The van der Waals surface area contributed by atoms with Crippen LogP contribution in [0.25, 0.3) is 0 Å². The minimum atomic E-state index is 0.0324. The fourth-order valence-electron chi connectivity index (χ4n) is 3.82. The molecule has 24 heavy (non-hydrogen) atoms. The second-order valence-corrected chi connectivity index (χ2v) is 7.80. The Balaban J connectivity index is 1.73. The Labute approximate surface area is 151 Å². The molecule has 1 rings (SSSR count). The van der Waals surface area contributed by atoms with Crippen LogP contribution >= 0.6 is 0 Å². The smallest absolute Gasteiger partial charge is 0.305 e. The van der Waals surface area contributed by atoms with Crippen molar-refractivity contribution in [3.8, 4) is 0 Å². The summed E-state index contributed by atoms with van der Waals surface area (Å²) in [7, 11) is 0. The lowest BCUT2D eigenvalue weighted by Gasteiger charge is -2.08. The van der Waals surface area contributed by atoms with Crippen molar-refractivity contribution in [2.24, 2.45) is 5.92 Å². The molecule has 0 aromatic rings. The Morgan fingerprint density at radius 3 is 1.83 bits per heavy atom. The van der Waals surface area contributed by atoms with Gasteiger partial charge in [0.25, 0.3) is 0 Å². The van der Waals surface area contributed by atoms with Gasteiger partial charge in [-0.2, -0.15) is 0 Å². The number of carbonyl (C=O) groups is 1. The van der Waals surface area contributed by atoms with Crippen LogP contribution in [0.2, 0.25) is 0 Å². The van der Waals surface area contributed by atoms with Crippen molar-refractivity contribution in [1.29, 1.82) is 0 Å². The van der Waals surface area contributed by atoms with Gasteiger partial charge in [0.1, 0.15) is 0 Å².